The molecule has 1 aliphatic carbocycles. The van der Waals surface area contributed by atoms with Crippen molar-refractivity contribution in [2.45, 2.75) is 25.2 Å². The highest BCUT2D eigenvalue weighted by atomic mass is 19.1. The highest BCUT2D eigenvalue weighted by molar-refractivity contribution is 5.46. The maximum atomic E-state index is 14.1. The van der Waals surface area contributed by atoms with Gasteiger partial charge in [-0.15, -0.1) is 0 Å². The molecular formula is C21H17F2N. The molecule has 3 aromatic rings. The Morgan fingerprint density at radius 1 is 0.875 bits per heavy atom. The van der Waals surface area contributed by atoms with E-state index in [2.05, 4.69) is 17.1 Å². The Morgan fingerprint density at radius 3 is 2.54 bits per heavy atom. The number of aryl methyl sites for hydroxylation is 2. The molecule has 1 aliphatic rings. The second kappa shape index (κ2) is 6.16. The third kappa shape index (κ3) is 2.71. The van der Waals surface area contributed by atoms with E-state index in [-0.39, 0.29) is 11.7 Å². The number of pyridine rings is 1. The fourth-order valence-corrected chi connectivity index (χ4v) is 3.68. The Bertz CT molecular complexity index is 889. The molecule has 0 saturated carbocycles. The zero-order chi connectivity index (χ0) is 16.5. The first-order valence-corrected chi connectivity index (χ1v) is 8.18. The van der Waals surface area contributed by atoms with E-state index in [1.807, 2.05) is 18.2 Å². The van der Waals surface area contributed by atoms with Crippen LogP contribution in [0.3, 0.4) is 0 Å². The summed E-state index contributed by atoms with van der Waals surface area (Å²) < 4.78 is 27.8. The lowest BCUT2D eigenvalue weighted by Crippen LogP contribution is -2.09. The van der Waals surface area contributed by atoms with Gasteiger partial charge in [0.25, 0.3) is 0 Å². The summed E-state index contributed by atoms with van der Waals surface area (Å²) in [4.78, 5) is 3.77. The van der Waals surface area contributed by atoms with Crippen molar-refractivity contribution in [3.8, 4) is 0 Å². The van der Waals surface area contributed by atoms with Crippen LogP contribution >= 0.6 is 0 Å². The zero-order valence-corrected chi connectivity index (χ0v) is 13.2. The molecular weight excluding hydrogens is 304 g/mol. The molecule has 120 valence electrons. The van der Waals surface area contributed by atoms with Crippen LogP contribution in [-0.2, 0) is 19.3 Å². The average Bonchev–Trinajstić information content (AvgIpc) is 2.74. The zero-order valence-electron chi connectivity index (χ0n) is 13.2. The summed E-state index contributed by atoms with van der Waals surface area (Å²) in [5, 5.41) is 0. The number of hydrogen-bond donors (Lipinski definition) is 0. The van der Waals surface area contributed by atoms with Gasteiger partial charge in [0.1, 0.15) is 5.82 Å². The minimum atomic E-state index is -0.428. The van der Waals surface area contributed by atoms with Crippen LogP contribution < -0.4 is 0 Å². The van der Waals surface area contributed by atoms with Crippen LogP contribution in [-0.4, -0.2) is 4.98 Å². The van der Waals surface area contributed by atoms with Crippen molar-refractivity contribution in [2.24, 2.45) is 0 Å². The van der Waals surface area contributed by atoms with Gasteiger partial charge in [0.2, 0.25) is 5.95 Å². The molecule has 0 bridgehead atoms. The molecule has 0 unspecified atom stereocenters. The van der Waals surface area contributed by atoms with Gasteiger partial charge in [-0.1, -0.05) is 36.4 Å². The molecule has 4 rings (SSSR count). The first-order chi connectivity index (χ1) is 11.7. The van der Waals surface area contributed by atoms with Gasteiger partial charge >= 0.3 is 0 Å². The van der Waals surface area contributed by atoms with Crippen LogP contribution in [0.15, 0.2) is 60.8 Å². The minimum Gasteiger partial charge on any atom is -0.228 e. The molecule has 1 aromatic heterocycles. The molecule has 0 saturated heterocycles. The van der Waals surface area contributed by atoms with E-state index in [0.717, 1.165) is 24.0 Å². The molecule has 1 atom stereocenters. The smallest absolute Gasteiger partial charge is 0.216 e. The van der Waals surface area contributed by atoms with E-state index in [0.29, 0.717) is 12.0 Å². The highest BCUT2D eigenvalue weighted by Crippen LogP contribution is 2.37. The lowest BCUT2D eigenvalue weighted by Gasteiger charge is -2.20. The second-order valence-electron chi connectivity index (χ2n) is 6.25. The average molecular weight is 321 g/mol. The van der Waals surface area contributed by atoms with Crippen LogP contribution in [0, 0.1) is 11.8 Å². The summed E-state index contributed by atoms with van der Waals surface area (Å²) in [5.74, 6) is -0.632. The largest absolute Gasteiger partial charge is 0.228 e. The van der Waals surface area contributed by atoms with Crippen molar-refractivity contribution in [1.29, 1.82) is 0 Å². The van der Waals surface area contributed by atoms with Gasteiger partial charge in [-0.3, -0.25) is 0 Å². The maximum Gasteiger partial charge on any atom is 0.216 e. The Labute approximate surface area is 140 Å². The van der Waals surface area contributed by atoms with E-state index in [1.165, 1.54) is 23.4 Å². The van der Waals surface area contributed by atoms with Gasteiger partial charge in [-0.05, 0) is 59.7 Å². The fourth-order valence-electron chi connectivity index (χ4n) is 3.68. The van der Waals surface area contributed by atoms with E-state index in [4.69, 9.17) is 0 Å². The molecule has 0 aliphatic heterocycles. The highest BCUT2D eigenvalue weighted by Gasteiger charge is 2.25. The lowest BCUT2D eigenvalue weighted by atomic mass is 9.84. The third-order valence-electron chi connectivity index (χ3n) is 4.83. The van der Waals surface area contributed by atoms with Crippen molar-refractivity contribution in [3.05, 3.63) is 100 Å². The van der Waals surface area contributed by atoms with Gasteiger partial charge in [-0.25, -0.2) is 9.37 Å². The summed E-state index contributed by atoms with van der Waals surface area (Å²) >= 11 is 0. The summed E-state index contributed by atoms with van der Waals surface area (Å²) in [5.41, 5.74) is 5.15. The van der Waals surface area contributed by atoms with Crippen molar-refractivity contribution in [1.82, 2.24) is 4.98 Å². The Balaban J connectivity index is 1.86. The quantitative estimate of drug-likeness (QED) is 0.616. The minimum absolute atomic E-state index is 0.0120. The van der Waals surface area contributed by atoms with Crippen LogP contribution in [0.1, 0.15) is 33.7 Å². The number of aromatic nitrogens is 1. The van der Waals surface area contributed by atoms with E-state index >= 15 is 0 Å². The number of halogens is 2. The van der Waals surface area contributed by atoms with Gasteiger partial charge in [0, 0.05) is 17.7 Å². The van der Waals surface area contributed by atoms with Crippen LogP contribution in [0.25, 0.3) is 0 Å². The number of nitrogens with zero attached hydrogens (tertiary/aromatic N) is 1. The Morgan fingerprint density at radius 2 is 1.67 bits per heavy atom. The monoisotopic (exact) mass is 321 g/mol. The number of hydrogen-bond acceptors (Lipinski definition) is 1. The molecule has 0 fully saturated rings. The number of benzene rings is 2. The maximum absolute atomic E-state index is 14.1. The first-order valence-electron chi connectivity index (χ1n) is 8.18. The molecule has 0 radical (unpaired) electrons. The van der Waals surface area contributed by atoms with Crippen LogP contribution in [0.4, 0.5) is 8.78 Å². The van der Waals surface area contributed by atoms with Gasteiger partial charge in [0.05, 0.1) is 0 Å². The summed E-state index contributed by atoms with van der Waals surface area (Å²) in [6.07, 6.45) is 3.66. The summed E-state index contributed by atoms with van der Waals surface area (Å²) in [6, 6.07) is 16.8. The summed E-state index contributed by atoms with van der Waals surface area (Å²) in [6.45, 7) is 0. The van der Waals surface area contributed by atoms with Crippen molar-refractivity contribution >= 4 is 0 Å². The molecule has 0 spiro atoms. The second-order valence-corrected chi connectivity index (χ2v) is 6.25. The lowest BCUT2D eigenvalue weighted by molar-refractivity contribution is 0.560. The van der Waals surface area contributed by atoms with Crippen molar-refractivity contribution in [2.75, 3.05) is 0 Å². The van der Waals surface area contributed by atoms with Crippen molar-refractivity contribution in [3.63, 3.8) is 0 Å². The molecule has 24 heavy (non-hydrogen) atoms. The molecule has 2 aromatic carbocycles. The normalized spacial score (nSPS) is 16.2. The topological polar surface area (TPSA) is 12.9 Å². The predicted octanol–water partition coefficient (Wildman–Crippen LogP) is 4.83. The Hall–Kier alpha value is -2.55. The SMILES string of the molecule is Fc1ccc2c(c1)CCc1ccccc1[C@H]2Cc1cccnc1F. The fraction of sp³-hybridized carbons (Fsp3) is 0.190. The van der Waals surface area contributed by atoms with Crippen LogP contribution in [0.5, 0.6) is 0 Å². The predicted molar refractivity (Wildman–Crippen MR) is 90.0 cm³/mol. The van der Waals surface area contributed by atoms with E-state index < -0.39 is 5.95 Å². The third-order valence-corrected chi connectivity index (χ3v) is 4.83. The number of rotatable bonds is 2. The molecule has 3 heteroatoms. The first kappa shape index (κ1) is 15.0. The Kier molecular flexibility index (Phi) is 3.85. The van der Waals surface area contributed by atoms with E-state index in [1.54, 1.807) is 18.2 Å². The van der Waals surface area contributed by atoms with Gasteiger partial charge in [-0.2, -0.15) is 4.39 Å². The van der Waals surface area contributed by atoms with Gasteiger partial charge in [0.15, 0.2) is 0 Å². The number of fused-ring (bicyclic) bond motifs is 2. The molecule has 0 N–H and O–H groups in total. The summed E-state index contributed by atoms with van der Waals surface area (Å²) in [7, 11) is 0. The van der Waals surface area contributed by atoms with Crippen LogP contribution in [0.2, 0.25) is 0 Å². The van der Waals surface area contributed by atoms with Gasteiger partial charge < -0.3 is 0 Å². The van der Waals surface area contributed by atoms with E-state index in [9.17, 15) is 8.78 Å². The molecule has 0 amide bonds. The molecule has 1 heterocycles. The van der Waals surface area contributed by atoms with Crippen molar-refractivity contribution < 1.29 is 8.78 Å². The standard InChI is InChI=1S/C21H17F2N/c22-17-9-10-19-15(12-17)8-7-14-4-1-2-6-18(14)20(19)13-16-5-3-11-24-21(16)23/h1-6,9-12,20H,7-8,13H2/t20-/m1/s1. The molecule has 1 nitrogen and oxygen atoms in total.